The SMILES string of the molecule is CCCOc1ccccc1C(=O)NC(=S)NNC(=O)c1ccccc1. The van der Waals surface area contributed by atoms with E-state index in [0.29, 0.717) is 23.5 Å². The molecule has 2 rings (SSSR count). The number of hydrogen-bond donors (Lipinski definition) is 3. The molecule has 0 spiro atoms. The Hall–Kier alpha value is -2.93. The van der Waals surface area contributed by atoms with E-state index in [2.05, 4.69) is 16.2 Å². The van der Waals surface area contributed by atoms with Crippen LogP contribution in [0.4, 0.5) is 0 Å². The average Bonchev–Trinajstić information content (AvgIpc) is 2.65. The quantitative estimate of drug-likeness (QED) is 0.566. The maximum Gasteiger partial charge on any atom is 0.269 e. The summed E-state index contributed by atoms with van der Waals surface area (Å²) in [5, 5.41) is 2.49. The second kappa shape index (κ2) is 9.39. The molecule has 2 aromatic rings. The molecule has 2 amide bonds. The van der Waals surface area contributed by atoms with E-state index in [-0.39, 0.29) is 11.0 Å². The minimum atomic E-state index is -0.418. The molecule has 0 fully saturated rings. The van der Waals surface area contributed by atoms with E-state index in [0.717, 1.165) is 6.42 Å². The zero-order valence-electron chi connectivity index (χ0n) is 13.7. The third kappa shape index (κ3) is 5.58. The molecular weight excluding hydrogens is 338 g/mol. The second-order valence-corrected chi connectivity index (χ2v) is 5.48. The van der Waals surface area contributed by atoms with Gasteiger partial charge in [-0.3, -0.25) is 25.8 Å². The molecule has 0 aliphatic carbocycles. The van der Waals surface area contributed by atoms with Crippen LogP contribution in [0.5, 0.6) is 5.75 Å². The van der Waals surface area contributed by atoms with Crippen LogP contribution in [0.15, 0.2) is 54.6 Å². The molecule has 0 saturated heterocycles. The fourth-order valence-electron chi connectivity index (χ4n) is 1.97. The Morgan fingerprint density at radius 2 is 1.64 bits per heavy atom. The first-order valence-corrected chi connectivity index (χ1v) is 8.21. The number of carbonyl (C=O) groups excluding carboxylic acids is 2. The lowest BCUT2D eigenvalue weighted by molar-refractivity contribution is 0.0933. The van der Waals surface area contributed by atoms with Crippen LogP contribution in [-0.2, 0) is 0 Å². The lowest BCUT2D eigenvalue weighted by Gasteiger charge is -2.13. The van der Waals surface area contributed by atoms with E-state index in [4.69, 9.17) is 17.0 Å². The summed E-state index contributed by atoms with van der Waals surface area (Å²) in [4.78, 5) is 24.2. The number of hydrazine groups is 1. The first kappa shape index (κ1) is 18.4. The van der Waals surface area contributed by atoms with E-state index in [1.165, 1.54) is 0 Å². The third-order valence-electron chi connectivity index (χ3n) is 3.15. The molecule has 0 atom stereocenters. The number of ether oxygens (including phenoxy) is 1. The Morgan fingerprint density at radius 1 is 0.960 bits per heavy atom. The summed E-state index contributed by atoms with van der Waals surface area (Å²) in [5.74, 6) is -0.292. The molecule has 0 saturated carbocycles. The molecule has 3 N–H and O–H groups in total. The van der Waals surface area contributed by atoms with Crippen molar-refractivity contribution in [1.82, 2.24) is 16.2 Å². The van der Waals surface area contributed by atoms with Gasteiger partial charge in [0.15, 0.2) is 5.11 Å². The lowest BCUT2D eigenvalue weighted by atomic mass is 10.2. The molecule has 25 heavy (non-hydrogen) atoms. The second-order valence-electron chi connectivity index (χ2n) is 5.07. The van der Waals surface area contributed by atoms with Gasteiger partial charge in [0.1, 0.15) is 5.75 Å². The Labute approximate surface area is 151 Å². The number of nitrogens with one attached hydrogen (secondary N) is 3. The zero-order chi connectivity index (χ0) is 18.1. The molecule has 7 heteroatoms. The van der Waals surface area contributed by atoms with Gasteiger partial charge in [0.25, 0.3) is 11.8 Å². The Balaban J connectivity index is 1.90. The van der Waals surface area contributed by atoms with Crippen LogP contribution in [0.2, 0.25) is 0 Å². The third-order valence-corrected chi connectivity index (χ3v) is 3.35. The summed E-state index contributed by atoms with van der Waals surface area (Å²) in [5.41, 5.74) is 5.78. The monoisotopic (exact) mass is 357 g/mol. The molecule has 0 aliphatic rings. The van der Waals surface area contributed by atoms with Crippen molar-refractivity contribution in [2.75, 3.05) is 6.61 Å². The minimum absolute atomic E-state index is 0.0143. The molecular formula is C18H19N3O3S. The number of benzene rings is 2. The van der Waals surface area contributed by atoms with Gasteiger partial charge >= 0.3 is 0 Å². The molecule has 2 aromatic carbocycles. The summed E-state index contributed by atoms with van der Waals surface area (Å²) in [6.45, 7) is 2.50. The molecule has 130 valence electrons. The average molecular weight is 357 g/mol. The van der Waals surface area contributed by atoms with Gasteiger partial charge in [0.2, 0.25) is 0 Å². The van der Waals surface area contributed by atoms with Crippen molar-refractivity contribution in [1.29, 1.82) is 0 Å². The van der Waals surface area contributed by atoms with Crippen LogP contribution < -0.4 is 20.9 Å². The highest BCUT2D eigenvalue weighted by Gasteiger charge is 2.14. The van der Waals surface area contributed by atoms with Gasteiger partial charge in [-0.2, -0.15) is 0 Å². The minimum Gasteiger partial charge on any atom is -0.493 e. The van der Waals surface area contributed by atoms with Crippen molar-refractivity contribution in [2.24, 2.45) is 0 Å². The Kier molecular flexibility index (Phi) is 6.91. The summed E-state index contributed by atoms with van der Waals surface area (Å²) in [6.07, 6.45) is 0.835. The predicted molar refractivity (Wildman–Crippen MR) is 99.3 cm³/mol. The summed E-state index contributed by atoms with van der Waals surface area (Å²) >= 11 is 5.03. The van der Waals surface area contributed by atoms with Gasteiger partial charge in [0.05, 0.1) is 12.2 Å². The number of hydrogen-bond acceptors (Lipinski definition) is 4. The normalized spacial score (nSPS) is 9.80. The van der Waals surface area contributed by atoms with E-state index < -0.39 is 5.91 Å². The van der Waals surface area contributed by atoms with Crippen molar-refractivity contribution in [2.45, 2.75) is 13.3 Å². The van der Waals surface area contributed by atoms with Gasteiger partial charge in [0, 0.05) is 5.56 Å². The van der Waals surface area contributed by atoms with Crippen LogP contribution >= 0.6 is 12.2 Å². The zero-order valence-corrected chi connectivity index (χ0v) is 14.6. The number of carbonyl (C=O) groups is 2. The molecule has 0 bridgehead atoms. The van der Waals surface area contributed by atoms with Crippen LogP contribution in [0.3, 0.4) is 0 Å². The number of thiocarbonyl (C=S) groups is 1. The van der Waals surface area contributed by atoms with Crippen molar-refractivity contribution >= 4 is 29.1 Å². The predicted octanol–water partition coefficient (Wildman–Crippen LogP) is 2.42. The van der Waals surface area contributed by atoms with Crippen LogP contribution in [0.25, 0.3) is 0 Å². The summed E-state index contributed by atoms with van der Waals surface area (Å²) < 4.78 is 5.55. The molecule has 0 heterocycles. The molecule has 6 nitrogen and oxygen atoms in total. The van der Waals surface area contributed by atoms with Crippen LogP contribution in [-0.4, -0.2) is 23.5 Å². The molecule has 0 radical (unpaired) electrons. The molecule has 0 unspecified atom stereocenters. The van der Waals surface area contributed by atoms with Crippen LogP contribution in [0.1, 0.15) is 34.1 Å². The first-order chi connectivity index (χ1) is 12.1. The molecule has 0 aliphatic heterocycles. The lowest BCUT2D eigenvalue weighted by Crippen LogP contribution is -2.48. The fourth-order valence-corrected chi connectivity index (χ4v) is 2.11. The van der Waals surface area contributed by atoms with E-state index >= 15 is 0 Å². The van der Waals surface area contributed by atoms with Crippen molar-refractivity contribution in [3.05, 3.63) is 65.7 Å². The van der Waals surface area contributed by atoms with Crippen molar-refractivity contribution < 1.29 is 14.3 Å². The standard InChI is InChI=1S/C18H19N3O3S/c1-2-12-24-15-11-7-6-10-14(15)17(23)19-18(25)21-20-16(22)13-8-4-3-5-9-13/h3-11H,2,12H2,1H3,(H,20,22)(H2,19,21,23,25). The highest BCUT2D eigenvalue weighted by atomic mass is 32.1. The first-order valence-electron chi connectivity index (χ1n) is 7.80. The van der Waals surface area contributed by atoms with Gasteiger partial charge in [-0.1, -0.05) is 37.3 Å². The van der Waals surface area contributed by atoms with E-state index in [1.807, 2.05) is 13.0 Å². The summed E-state index contributed by atoms with van der Waals surface area (Å²) in [7, 11) is 0. The topological polar surface area (TPSA) is 79.5 Å². The highest BCUT2D eigenvalue weighted by molar-refractivity contribution is 7.80. The molecule has 0 aromatic heterocycles. The smallest absolute Gasteiger partial charge is 0.269 e. The maximum absolute atomic E-state index is 12.3. The van der Waals surface area contributed by atoms with Crippen molar-refractivity contribution in [3.63, 3.8) is 0 Å². The van der Waals surface area contributed by atoms with Gasteiger partial charge in [-0.15, -0.1) is 0 Å². The fraction of sp³-hybridized carbons (Fsp3) is 0.167. The Morgan fingerprint density at radius 3 is 2.36 bits per heavy atom. The van der Waals surface area contributed by atoms with Gasteiger partial charge in [-0.25, -0.2) is 0 Å². The van der Waals surface area contributed by atoms with Crippen molar-refractivity contribution in [3.8, 4) is 5.75 Å². The highest BCUT2D eigenvalue weighted by Crippen LogP contribution is 2.17. The van der Waals surface area contributed by atoms with Gasteiger partial charge in [-0.05, 0) is 42.9 Å². The van der Waals surface area contributed by atoms with Crippen LogP contribution in [0, 0.1) is 0 Å². The largest absolute Gasteiger partial charge is 0.493 e. The van der Waals surface area contributed by atoms with E-state index in [9.17, 15) is 9.59 Å². The van der Waals surface area contributed by atoms with Gasteiger partial charge < -0.3 is 4.74 Å². The number of amides is 2. The summed E-state index contributed by atoms with van der Waals surface area (Å²) in [6, 6.07) is 15.5. The van der Waals surface area contributed by atoms with E-state index in [1.54, 1.807) is 48.5 Å². The maximum atomic E-state index is 12.3. The Bertz CT molecular complexity index is 750. The number of rotatable bonds is 5. The number of para-hydroxylation sites is 1.